The number of hydrogen-bond donors (Lipinski definition) is 1. The van der Waals surface area contributed by atoms with Crippen molar-refractivity contribution in [2.24, 2.45) is 0 Å². The Labute approximate surface area is 147 Å². The third-order valence-corrected chi connectivity index (χ3v) is 8.66. The van der Waals surface area contributed by atoms with Crippen LogP contribution < -0.4 is 4.72 Å². The molecule has 0 unspecified atom stereocenters. The molecule has 1 saturated heterocycles. The summed E-state index contributed by atoms with van der Waals surface area (Å²) in [6.07, 6.45) is 0. The van der Waals surface area contributed by atoms with Gasteiger partial charge in [0.1, 0.15) is 4.90 Å². The molecule has 1 aliphatic rings. The molecule has 0 spiro atoms. The summed E-state index contributed by atoms with van der Waals surface area (Å²) in [6.45, 7) is 0. The van der Waals surface area contributed by atoms with Crippen LogP contribution in [0.1, 0.15) is 10.1 Å². The van der Waals surface area contributed by atoms with Crippen molar-refractivity contribution in [1.29, 1.82) is 0 Å². The van der Waals surface area contributed by atoms with Gasteiger partial charge in [-0.25, -0.2) is 8.42 Å². The molecule has 0 radical (unpaired) electrons. The van der Waals surface area contributed by atoms with E-state index in [1.807, 2.05) is 41.7 Å². The van der Waals surface area contributed by atoms with Crippen molar-refractivity contribution < 1.29 is 8.42 Å². The highest BCUT2D eigenvalue weighted by molar-refractivity contribution is 9.10. The largest absolute Gasteiger partial charge is 0.280 e. The average molecular weight is 416 g/mol. The standard InChI is InChI=1S/C15H14BrNO2S3/c16-13-6-1-2-7-14(13)22(18,19)17-12-5-3-4-11(10-12)15-20-8-9-21-15/h1-7,10,15,17H,8-9H2. The van der Waals surface area contributed by atoms with Gasteiger partial charge in [0.05, 0.1) is 4.58 Å². The van der Waals surface area contributed by atoms with Crippen LogP contribution in [0, 0.1) is 0 Å². The summed E-state index contributed by atoms with van der Waals surface area (Å²) in [5.41, 5.74) is 1.75. The summed E-state index contributed by atoms with van der Waals surface area (Å²) >= 11 is 7.09. The first-order valence-corrected chi connectivity index (χ1v) is 11.0. The first kappa shape index (κ1) is 16.2. The minimum atomic E-state index is -3.59. The zero-order chi connectivity index (χ0) is 15.6. The molecule has 22 heavy (non-hydrogen) atoms. The Morgan fingerprint density at radius 1 is 1.05 bits per heavy atom. The van der Waals surface area contributed by atoms with Gasteiger partial charge in [-0.15, -0.1) is 23.5 Å². The molecule has 1 fully saturated rings. The van der Waals surface area contributed by atoms with E-state index in [1.165, 1.54) is 0 Å². The second-order valence-electron chi connectivity index (χ2n) is 4.73. The van der Waals surface area contributed by atoms with E-state index in [4.69, 9.17) is 0 Å². The third-order valence-electron chi connectivity index (χ3n) is 3.16. The minimum absolute atomic E-state index is 0.241. The van der Waals surface area contributed by atoms with Crippen molar-refractivity contribution >= 4 is 55.2 Å². The van der Waals surface area contributed by atoms with Crippen LogP contribution in [0.25, 0.3) is 0 Å². The fourth-order valence-electron chi connectivity index (χ4n) is 2.17. The lowest BCUT2D eigenvalue weighted by Crippen LogP contribution is -2.13. The van der Waals surface area contributed by atoms with Crippen molar-refractivity contribution in [3.8, 4) is 0 Å². The number of sulfonamides is 1. The van der Waals surface area contributed by atoms with E-state index in [1.54, 1.807) is 30.3 Å². The van der Waals surface area contributed by atoms with Crippen LogP contribution in [-0.2, 0) is 10.0 Å². The van der Waals surface area contributed by atoms with Crippen molar-refractivity contribution in [2.45, 2.75) is 9.48 Å². The number of benzene rings is 2. The van der Waals surface area contributed by atoms with Gasteiger partial charge in [-0.1, -0.05) is 24.3 Å². The van der Waals surface area contributed by atoms with Gasteiger partial charge in [-0.05, 0) is 45.8 Å². The maximum Gasteiger partial charge on any atom is 0.263 e. The molecule has 2 aromatic carbocycles. The van der Waals surface area contributed by atoms with Crippen LogP contribution in [-0.4, -0.2) is 19.9 Å². The molecule has 0 aromatic heterocycles. The first-order chi connectivity index (χ1) is 10.6. The molecule has 7 heteroatoms. The van der Waals surface area contributed by atoms with Crippen LogP contribution in [0.2, 0.25) is 0 Å². The SMILES string of the molecule is O=S(=O)(Nc1cccc(C2SCCS2)c1)c1ccccc1Br. The Hall–Kier alpha value is -0.630. The molecule has 116 valence electrons. The number of thioether (sulfide) groups is 2. The van der Waals surface area contributed by atoms with E-state index >= 15 is 0 Å². The summed E-state index contributed by atoms with van der Waals surface area (Å²) in [6, 6.07) is 14.4. The maximum atomic E-state index is 12.5. The zero-order valence-electron chi connectivity index (χ0n) is 11.5. The normalized spacial score (nSPS) is 15.9. The number of anilines is 1. The summed E-state index contributed by atoms with van der Waals surface area (Å²) in [5.74, 6) is 2.28. The van der Waals surface area contributed by atoms with Crippen molar-refractivity contribution in [2.75, 3.05) is 16.2 Å². The highest BCUT2D eigenvalue weighted by Crippen LogP contribution is 2.45. The van der Waals surface area contributed by atoms with E-state index in [-0.39, 0.29) is 4.90 Å². The zero-order valence-corrected chi connectivity index (χ0v) is 15.6. The van der Waals surface area contributed by atoms with Crippen LogP contribution in [0.4, 0.5) is 5.69 Å². The predicted octanol–water partition coefficient (Wildman–Crippen LogP) is 4.73. The van der Waals surface area contributed by atoms with E-state index in [0.29, 0.717) is 14.7 Å². The molecular formula is C15H14BrNO2S3. The van der Waals surface area contributed by atoms with Crippen molar-refractivity contribution in [3.63, 3.8) is 0 Å². The summed E-state index contributed by atoms with van der Waals surface area (Å²) in [5, 5.41) is 0. The molecule has 2 aromatic rings. The smallest absolute Gasteiger partial charge is 0.263 e. The molecule has 1 heterocycles. The molecular weight excluding hydrogens is 402 g/mol. The topological polar surface area (TPSA) is 46.2 Å². The van der Waals surface area contributed by atoms with Gasteiger partial charge in [0.25, 0.3) is 10.0 Å². The molecule has 0 aliphatic carbocycles. The average Bonchev–Trinajstić information content (AvgIpc) is 3.01. The van der Waals surface area contributed by atoms with E-state index in [0.717, 1.165) is 17.1 Å². The Bertz CT molecular complexity index is 774. The molecule has 0 saturated carbocycles. The third kappa shape index (κ3) is 3.64. The summed E-state index contributed by atoms with van der Waals surface area (Å²) in [4.78, 5) is 0.241. The van der Waals surface area contributed by atoms with E-state index in [9.17, 15) is 8.42 Å². The predicted molar refractivity (Wildman–Crippen MR) is 99.0 cm³/mol. The summed E-state index contributed by atoms with van der Waals surface area (Å²) < 4.78 is 28.6. The Balaban J connectivity index is 1.86. The van der Waals surface area contributed by atoms with Crippen LogP contribution in [0.3, 0.4) is 0 Å². The number of halogens is 1. The second kappa shape index (κ2) is 6.86. The summed E-state index contributed by atoms with van der Waals surface area (Å²) in [7, 11) is -3.59. The molecule has 0 bridgehead atoms. The number of rotatable bonds is 4. The quantitative estimate of drug-likeness (QED) is 0.783. The molecule has 3 nitrogen and oxygen atoms in total. The van der Waals surface area contributed by atoms with Gasteiger partial charge in [-0.3, -0.25) is 4.72 Å². The molecule has 0 atom stereocenters. The maximum absolute atomic E-state index is 12.5. The van der Waals surface area contributed by atoms with Crippen LogP contribution in [0.15, 0.2) is 57.9 Å². The van der Waals surface area contributed by atoms with E-state index < -0.39 is 10.0 Å². The van der Waals surface area contributed by atoms with Crippen molar-refractivity contribution in [1.82, 2.24) is 0 Å². The molecule has 0 amide bonds. The van der Waals surface area contributed by atoms with Gasteiger partial charge >= 0.3 is 0 Å². The van der Waals surface area contributed by atoms with Gasteiger partial charge in [0.15, 0.2) is 0 Å². The molecule has 3 rings (SSSR count). The van der Waals surface area contributed by atoms with Gasteiger partial charge in [-0.2, -0.15) is 0 Å². The van der Waals surface area contributed by atoms with Gasteiger partial charge in [0.2, 0.25) is 0 Å². The van der Waals surface area contributed by atoms with Crippen LogP contribution in [0.5, 0.6) is 0 Å². The van der Waals surface area contributed by atoms with Crippen molar-refractivity contribution in [3.05, 3.63) is 58.6 Å². The van der Waals surface area contributed by atoms with E-state index in [2.05, 4.69) is 20.7 Å². The second-order valence-corrected chi connectivity index (χ2v) is 9.96. The Morgan fingerprint density at radius 3 is 2.50 bits per heavy atom. The van der Waals surface area contributed by atoms with Crippen LogP contribution >= 0.6 is 39.5 Å². The number of nitrogens with one attached hydrogen (secondary N) is 1. The van der Waals surface area contributed by atoms with Gasteiger partial charge < -0.3 is 0 Å². The van der Waals surface area contributed by atoms with Gasteiger partial charge in [0, 0.05) is 21.7 Å². The lowest BCUT2D eigenvalue weighted by atomic mass is 10.2. The first-order valence-electron chi connectivity index (χ1n) is 6.67. The lowest BCUT2D eigenvalue weighted by molar-refractivity contribution is 0.601. The molecule has 1 N–H and O–H groups in total. The highest BCUT2D eigenvalue weighted by atomic mass is 79.9. The number of hydrogen-bond acceptors (Lipinski definition) is 4. The Morgan fingerprint density at radius 2 is 1.77 bits per heavy atom. The molecule has 1 aliphatic heterocycles. The lowest BCUT2D eigenvalue weighted by Gasteiger charge is -2.13. The Kier molecular flexibility index (Phi) is 5.07. The minimum Gasteiger partial charge on any atom is -0.280 e. The highest BCUT2D eigenvalue weighted by Gasteiger charge is 2.20. The fourth-order valence-corrected chi connectivity index (χ4v) is 7.06. The monoisotopic (exact) mass is 415 g/mol. The fraction of sp³-hybridized carbons (Fsp3) is 0.200.